The third kappa shape index (κ3) is 3.16. The molecule has 1 heterocycles. The van der Waals surface area contributed by atoms with Crippen molar-refractivity contribution >= 4 is 17.5 Å². The van der Waals surface area contributed by atoms with E-state index >= 15 is 0 Å². The monoisotopic (exact) mass is 300 g/mol. The Morgan fingerprint density at radius 1 is 1.18 bits per heavy atom. The molecule has 1 saturated heterocycles. The highest BCUT2D eigenvalue weighted by atomic mass is 16.2. The topological polar surface area (TPSA) is 49.4 Å². The molecule has 0 spiro atoms. The lowest BCUT2D eigenvalue weighted by atomic mass is 9.94. The fourth-order valence-electron chi connectivity index (χ4n) is 3.60. The van der Waals surface area contributed by atoms with Gasteiger partial charge in [0.25, 0.3) is 0 Å². The van der Waals surface area contributed by atoms with Gasteiger partial charge in [-0.2, -0.15) is 0 Å². The van der Waals surface area contributed by atoms with Crippen LogP contribution < -0.4 is 5.32 Å². The Bertz CT molecular complexity index is 564. The van der Waals surface area contributed by atoms with E-state index in [-0.39, 0.29) is 17.7 Å². The molecule has 2 fully saturated rings. The minimum Gasteiger partial charge on any atom is -0.339 e. The number of likely N-dealkylation sites (tertiary alicyclic amines) is 1. The van der Waals surface area contributed by atoms with Crippen molar-refractivity contribution in [2.45, 2.75) is 51.5 Å². The van der Waals surface area contributed by atoms with E-state index in [1.807, 2.05) is 36.1 Å². The van der Waals surface area contributed by atoms with E-state index in [9.17, 15) is 9.59 Å². The van der Waals surface area contributed by atoms with Gasteiger partial charge in [-0.05, 0) is 31.4 Å². The van der Waals surface area contributed by atoms with Crippen LogP contribution >= 0.6 is 0 Å². The second-order valence-corrected chi connectivity index (χ2v) is 6.54. The van der Waals surface area contributed by atoms with Gasteiger partial charge in [-0.3, -0.25) is 9.59 Å². The number of amides is 2. The van der Waals surface area contributed by atoms with Crippen LogP contribution in [0.4, 0.5) is 5.69 Å². The van der Waals surface area contributed by atoms with Gasteiger partial charge in [-0.15, -0.1) is 0 Å². The maximum absolute atomic E-state index is 12.5. The van der Waals surface area contributed by atoms with E-state index in [2.05, 4.69) is 5.32 Å². The Morgan fingerprint density at radius 2 is 1.91 bits per heavy atom. The Morgan fingerprint density at radius 3 is 2.64 bits per heavy atom. The number of carbonyl (C=O) groups excluding carboxylic acids is 2. The first-order valence-corrected chi connectivity index (χ1v) is 8.31. The molecular weight excluding hydrogens is 276 g/mol. The van der Waals surface area contributed by atoms with Crippen LogP contribution in [0.1, 0.15) is 44.1 Å². The molecule has 0 radical (unpaired) electrons. The lowest BCUT2D eigenvalue weighted by molar-refractivity contribution is -0.130. The molecule has 118 valence electrons. The smallest absolute Gasteiger partial charge is 0.229 e. The molecule has 1 N–H and O–H groups in total. The van der Waals surface area contributed by atoms with Crippen LogP contribution in [-0.4, -0.2) is 29.3 Å². The molecule has 1 saturated carbocycles. The molecule has 1 aromatic rings. The van der Waals surface area contributed by atoms with E-state index in [1.54, 1.807) is 0 Å². The van der Waals surface area contributed by atoms with Crippen LogP contribution in [0.3, 0.4) is 0 Å². The second kappa shape index (κ2) is 6.51. The molecule has 1 aromatic carbocycles. The Labute approximate surface area is 131 Å². The highest BCUT2D eigenvalue weighted by molar-refractivity contribution is 5.97. The summed E-state index contributed by atoms with van der Waals surface area (Å²) >= 11 is 0. The van der Waals surface area contributed by atoms with Crippen LogP contribution in [0.2, 0.25) is 0 Å². The first-order valence-electron chi connectivity index (χ1n) is 8.31. The molecule has 4 heteroatoms. The number of nitrogens with zero attached hydrogens (tertiary/aromatic N) is 1. The number of hydrogen-bond donors (Lipinski definition) is 1. The Balaban J connectivity index is 1.62. The molecule has 1 aliphatic heterocycles. The molecule has 1 unspecified atom stereocenters. The molecule has 0 bridgehead atoms. The minimum absolute atomic E-state index is 0.0269. The predicted molar refractivity (Wildman–Crippen MR) is 86.5 cm³/mol. The number of rotatable bonds is 3. The molecule has 1 aliphatic carbocycles. The molecule has 2 aliphatic rings. The molecule has 4 nitrogen and oxygen atoms in total. The standard InChI is InChI=1S/C18H24N2O2/c1-13-7-5-6-10-16(13)19-18(22)14-11-17(21)20(12-14)15-8-3-2-4-9-15/h5-7,10,14-15H,2-4,8-9,11-12H2,1H3,(H,19,22). The highest BCUT2D eigenvalue weighted by Crippen LogP contribution is 2.29. The van der Waals surface area contributed by atoms with Gasteiger partial charge in [0.15, 0.2) is 0 Å². The van der Waals surface area contributed by atoms with Gasteiger partial charge < -0.3 is 10.2 Å². The van der Waals surface area contributed by atoms with E-state index in [0.717, 1.165) is 24.1 Å². The summed E-state index contributed by atoms with van der Waals surface area (Å²) in [5.41, 5.74) is 1.89. The summed E-state index contributed by atoms with van der Waals surface area (Å²) in [5.74, 6) is -0.0909. The number of carbonyl (C=O) groups is 2. The SMILES string of the molecule is Cc1ccccc1NC(=O)C1CC(=O)N(C2CCCCC2)C1. The van der Waals surface area contributed by atoms with Crippen LogP contribution in [0.5, 0.6) is 0 Å². The zero-order chi connectivity index (χ0) is 15.5. The number of para-hydroxylation sites is 1. The van der Waals surface area contributed by atoms with Crippen molar-refractivity contribution < 1.29 is 9.59 Å². The van der Waals surface area contributed by atoms with Gasteiger partial charge in [-0.25, -0.2) is 0 Å². The molecular formula is C18H24N2O2. The van der Waals surface area contributed by atoms with Crippen molar-refractivity contribution in [1.82, 2.24) is 4.90 Å². The summed E-state index contributed by atoms with van der Waals surface area (Å²) in [6.07, 6.45) is 6.22. The summed E-state index contributed by atoms with van der Waals surface area (Å²) in [6, 6.07) is 8.11. The number of nitrogens with one attached hydrogen (secondary N) is 1. The van der Waals surface area contributed by atoms with E-state index in [1.165, 1.54) is 19.3 Å². The summed E-state index contributed by atoms with van der Waals surface area (Å²) in [7, 11) is 0. The van der Waals surface area contributed by atoms with Crippen LogP contribution in [0, 0.1) is 12.8 Å². The Hall–Kier alpha value is -1.84. The summed E-state index contributed by atoms with van der Waals surface area (Å²) in [6.45, 7) is 2.56. The van der Waals surface area contributed by atoms with Gasteiger partial charge in [0.05, 0.1) is 5.92 Å². The maximum Gasteiger partial charge on any atom is 0.229 e. The van der Waals surface area contributed by atoms with Crippen molar-refractivity contribution in [3.8, 4) is 0 Å². The first kappa shape index (κ1) is 15.1. The van der Waals surface area contributed by atoms with Crippen molar-refractivity contribution in [3.05, 3.63) is 29.8 Å². The van der Waals surface area contributed by atoms with E-state index in [0.29, 0.717) is 19.0 Å². The number of aryl methyl sites for hydroxylation is 1. The molecule has 2 amide bonds. The zero-order valence-electron chi connectivity index (χ0n) is 13.2. The van der Waals surface area contributed by atoms with Crippen LogP contribution in [-0.2, 0) is 9.59 Å². The zero-order valence-corrected chi connectivity index (χ0v) is 13.2. The number of benzene rings is 1. The summed E-state index contributed by atoms with van der Waals surface area (Å²) in [4.78, 5) is 26.7. The van der Waals surface area contributed by atoms with Crippen molar-refractivity contribution in [3.63, 3.8) is 0 Å². The third-order valence-electron chi connectivity index (χ3n) is 4.95. The van der Waals surface area contributed by atoms with Gasteiger partial charge in [0.2, 0.25) is 11.8 Å². The highest BCUT2D eigenvalue weighted by Gasteiger charge is 2.38. The number of hydrogen-bond acceptors (Lipinski definition) is 2. The van der Waals surface area contributed by atoms with Gasteiger partial charge in [0, 0.05) is 24.7 Å². The normalized spacial score (nSPS) is 22.9. The van der Waals surface area contributed by atoms with Crippen molar-refractivity contribution in [1.29, 1.82) is 0 Å². The van der Waals surface area contributed by atoms with Crippen molar-refractivity contribution in [2.24, 2.45) is 5.92 Å². The largest absolute Gasteiger partial charge is 0.339 e. The quantitative estimate of drug-likeness (QED) is 0.932. The molecule has 3 rings (SSSR count). The molecule has 1 atom stereocenters. The minimum atomic E-state index is -0.214. The fraction of sp³-hybridized carbons (Fsp3) is 0.556. The summed E-state index contributed by atoms with van der Waals surface area (Å²) in [5, 5.41) is 2.98. The molecule has 22 heavy (non-hydrogen) atoms. The predicted octanol–water partition coefficient (Wildman–Crippen LogP) is 3.11. The average molecular weight is 300 g/mol. The van der Waals surface area contributed by atoms with Crippen molar-refractivity contribution in [2.75, 3.05) is 11.9 Å². The van der Waals surface area contributed by atoms with Gasteiger partial charge in [-0.1, -0.05) is 37.5 Å². The Kier molecular flexibility index (Phi) is 4.46. The number of anilines is 1. The first-order chi connectivity index (χ1) is 10.6. The lowest BCUT2D eigenvalue weighted by Gasteiger charge is -2.31. The molecule has 0 aromatic heterocycles. The van der Waals surface area contributed by atoms with E-state index < -0.39 is 0 Å². The summed E-state index contributed by atoms with van der Waals surface area (Å²) < 4.78 is 0. The van der Waals surface area contributed by atoms with Gasteiger partial charge in [0.1, 0.15) is 0 Å². The second-order valence-electron chi connectivity index (χ2n) is 6.54. The van der Waals surface area contributed by atoms with Gasteiger partial charge >= 0.3 is 0 Å². The maximum atomic E-state index is 12.5. The average Bonchev–Trinajstić information content (AvgIpc) is 2.92. The lowest BCUT2D eigenvalue weighted by Crippen LogP contribution is -2.38. The fourth-order valence-corrected chi connectivity index (χ4v) is 3.60. The van der Waals surface area contributed by atoms with E-state index in [4.69, 9.17) is 0 Å². The van der Waals surface area contributed by atoms with Crippen LogP contribution in [0.25, 0.3) is 0 Å². The third-order valence-corrected chi connectivity index (χ3v) is 4.95. The van der Waals surface area contributed by atoms with Crippen LogP contribution in [0.15, 0.2) is 24.3 Å².